The van der Waals surface area contributed by atoms with Crippen molar-refractivity contribution in [3.05, 3.63) is 17.8 Å². The highest BCUT2D eigenvalue weighted by molar-refractivity contribution is 5.89. The van der Waals surface area contributed by atoms with Gasteiger partial charge < -0.3 is 20.5 Å². The first-order valence-electron chi connectivity index (χ1n) is 5.18. The van der Waals surface area contributed by atoms with E-state index in [1.165, 1.54) is 12.3 Å². The van der Waals surface area contributed by atoms with Gasteiger partial charge in [-0.25, -0.2) is 9.78 Å². The van der Waals surface area contributed by atoms with E-state index in [1.807, 2.05) is 18.9 Å². The standard InChI is InChI=1S/C11H17N3O3/c1-7(6-17-3)14(2)10-9(12)4-8(5-13-10)11(15)16/h4-5,7H,6,12H2,1-3H3,(H,15,16). The van der Waals surface area contributed by atoms with Crippen LogP contribution >= 0.6 is 0 Å². The van der Waals surface area contributed by atoms with E-state index in [1.54, 1.807) is 7.11 Å². The number of hydrogen-bond donors (Lipinski definition) is 2. The van der Waals surface area contributed by atoms with E-state index in [2.05, 4.69) is 4.98 Å². The predicted molar refractivity (Wildman–Crippen MR) is 65.3 cm³/mol. The lowest BCUT2D eigenvalue weighted by molar-refractivity contribution is 0.0696. The zero-order valence-electron chi connectivity index (χ0n) is 10.2. The highest BCUT2D eigenvalue weighted by Gasteiger charge is 2.15. The van der Waals surface area contributed by atoms with Crippen LogP contribution < -0.4 is 10.6 Å². The van der Waals surface area contributed by atoms with Gasteiger partial charge >= 0.3 is 5.97 Å². The molecule has 0 saturated heterocycles. The number of rotatable bonds is 5. The Morgan fingerprint density at radius 2 is 2.35 bits per heavy atom. The summed E-state index contributed by atoms with van der Waals surface area (Å²) in [5.74, 6) is -0.483. The second-order valence-corrected chi connectivity index (χ2v) is 3.86. The van der Waals surface area contributed by atoms with Crippen LogP contribution in [0, 0.1) is 0 Å². The average Bonchev–Trinajstić information content (AvgIpc) is 2.28. The number of hydrogen-bond acceptors (Lipinski definition) is 5. The van der Waals surface area contributed by atoms with Gasteiger partial charge in [0.1, 0.15) is 0 Å². The van der Waals surface area contributed by atoms with Gasteiger partial charge in [-0.2, -0.15) is 0 Å². The molecule has 0 radical (unpaired) electrons. The SMILES string of the molecule is COCC(C)N(C)c1ncc(C(=O)O)cc1N. The Hall–Kier alpha value is -1.82. The number of methoxy groups -OCH3 is 1. The van der Waals surface area contributed by atoms with Gasteiger partial charge in [0.15, 0.2) is 5.82 Å². The van der Waals surface area contributed by atoms with Crippen molar-refractivity contribution >= 4 is 17.5 Å². The minimum Gasteiger partial charge on any atom is -0.478 e. The maximum Gasteiger partial charge on any atom is 0.337 e. The van der Waals surface area contributed by atoms with E-state index in [4.69, 9.17) is 15.6 Å². The number of carbonyl (C=O) groups is 1. The zero-order valence-corrected chi connectivity index (χ0v) is 10.2. The molecule has 0 saturated carbocycles. The number of nitrogen functional groups attached to an aromatic ring is 1. The molecule has 1 rings (SSSR count). The molecule has 0 fully saturated rings. The molecule has 3 N–H and O–H groups in total. The van der Waals surface area contributed by atoms with Crippen molar-refractivity contribution in [3.8, 4) is 0 Å². The van der Waals surface area contributed by atoms with Gasteiger partial charge in [-0.05, 0) is 13.0 Å². The second kappa shape index (κ2) is 5.49. The largest absolute Gasteiger partial charge is 0.478 e. The van der Waals surface area contributed by atoms with Crippen molar-refractivity contribution in [2.45, 2.75) is 13.0 Å². The fourth-order valence-corrected chi connectivity index (χ4v) is 1.45. The molecule has 0 bridgehead atoms. The van der Waals surface area contributed by atoms with Crippen LogP contribution in [0.1, 0.15) is 17.3 Å². The highest BCUT2D eigenvalue weighted by atomic mass is 16.5. The molecule has 0 aliphatic carbocycles. The molecule has 0 amide bonds. The summed E-state index contributed by atoms with van der Waals surface area (Å²) in [6.07, 6.45) is 1.30. The second-order valence-electron chi connectivity index (χ2n) is 3.86. The summed E-state index contributed by atoms with van der Waals surface area (Å²) in [6.45, 7) is 2.51. The van der Waals surface area contributed by atoms with Crippen molar-refractivity contribution in [1.82, 2.24) is 4.98 Å². The maximum absolute atomic E-state index is 10.7. The van der Waals surface area contributed by atoms with Crippen molar-refractivity contribution in [2.75, 3.05) is 31.4 Å². The molecule has 0 aliphatic heterocycles. The molecular formula is C11H17N3O3. The molecule has 1 atom stereocenters. The fraction of sp³-hybridized carbons (Fsp3) is 0.455. The Labute approximate surface area is 100 Å². The number of carboxylic acid groups (broad SMARTS) is 1. The monoisotopic (exact) mass is 239 g/mol. The smallest absolute Gasteiger partial charge is 0.337 e. The Morgan fingerprint density at radius 3 is 2.82 bits per heavy atom. The number of nitrogens with two attached hydrogens (primary N) is 1. The minimum atomic E-state index is -1.04. The summed E-state index contributed by atoms with van der Waals surface area (Å²) in [4.78, 5) is 16.7. The first kappa shape index (κ1) is 13.2. The molecular weight excluding hydrogens is 222 g/mol. The van der Waals surface area contributed by atoms with Gasteiger partial charge in [0.05, 0.1) is 23.9 Å². The van der Waals surface area contributed by atoms with Crippen LogP contribution in [-0.2, 0) is 4.74 Å². The van der Waals surface area contributed by atoms with Crippen molar-refractivity contribution < 1.29 is 14.6 Å². The third-order valence-corrected chi connectivity index (χ3v) is 2.55. The Morgan fingerprint density at radius 1 is 1.71 bits per heavy atom. The molecule has 1 unspecified atom stereocenters. The third kappa shape index (κ3) is 3.07. The van der Waals surface area contributed by atoms with Crippen LogP contribution in [0.15, 0.2) is 12.3 Å². The fourth-order valence-electron chi connectivity index (χ4n) is 1.45. The zero-order chi connectivity index (χ0) is 13.0. The van der Waals surface area contributed by atoms with Crippen LogP contribution in [0.3, 0.4) is 0 Å². The molecule has 6 nitrogen and oxygen atoms in total. The molecule has 0 aliphatic rings. The van der Waals surface area contributed by atoms with E-state index in [0.717, 1.165) is 0 Å². The summed E-state index contributed by atoms with van der Waals surface area (Å²) in [5, 5.41) is 8.80. The number of likely N-dealkylation sites (N-methyl/N-ethyl adjacent to an activating group) is 1. The number of carboxylic acids is 1. The molecule has 1 aromatic heterocycles. The maximum atomic E-state index is 10.7. The number of nitrogens with zero attached hydrogens (tertiary/aromatic N) is 2. The van der Waals surface area contributed by atoms with Gasteiger partial charge in [-0.3, -0.25) is 0 Å². The molecule has 1 heterocycles. The van der Waals surface area contributed by atoms with Gasteiger partial charge in [-0.1, -0.05) is 0 Å². The van der Waals surface area contributed by atoms with E-state index in [-0.39, 0.29) is 11.6 Å². The Balaban J connectivity index is 2.95. The first-order valence-corrected chi connectivity index (χ1v) is 5.18. The number of anilines is 2. The van der Waals surface area contributed by atoms with E-state index < -0.39 is 5.97 Å². The van der Waals surface area contributed by atoms with Gasteiger partial charge in [-0.15, -0.1) is 0 Å². The van der Waals surface area contributed by atoms with E-state index >= 15 is 0 Å². The van der Waals surface area contributed by atoms with Crippen molar-refractivity contribution in [3.63, 3.8) is 0 Å². The summed E-state index contributed by atoms with van der Waals surface area (Å²) >= 11 is 0. The molecule has 0 spiro atoms. The van der Waals surface area contributed by atoms with Crippen LogP contribution in [0.5, 0.6) is 0 Å². The summed E-state index contributed by atoms with van der Waals surface area (Å²) < 4.78 is 5.04. The van der Waals surface area contributed by atoms with Gasteiger partial charge in [0, 0.05) is 20.4 Å². The molecule has 17 heavy (non-hydrogen) atoms. The Kier molecular flexibility index (Phi) is 4.28. The highest BCUT2D eigenvalue weighted by Crippen LogP contribution is 2.21. The average molecular weight is 239 g/mol. The van der Waals surface area contributed by atoms with Crippen molar-refractivity contribution in [1.29, 1.82) is 0 Å². The van der Waals surface area contributed by atoms with Crippen LogP contribution in [-0.4, -0.2) is 42.9 Å². The van der Waals surface area contributed by atoms with Gasteiger partial charge in [0.25, 0.3) is 0 Å². The number of pyridine rings is 1. The van der Waals surface area contributed by atoms with Crippen molar-refractivity contribution in [2.24, 2.45) is 0 Å². The number of aromatic carboxylic acids is 1. The molecule has 94 valence electrons. The van der Waals surface area contributed by atoms with E-state index in [0.29, 0.717) is 18.1 Å². The first-order chi connectivity index (χ1) is 7.97. The number of ether oxygens (including phenoxy) is 1. The lowest BCUT2D eigenvalue weighted by Crippen LogP contribution is -2.33. The molecule has 6 heteroatoms. The predicted octanol–water partition coefficient (Wildman–Crippen LogP) is 0.833. The minimum absolute atomic E-state index is 0.0824. The topological polar surface area (TPSA) is 88.7 Å². The summed E-state index contributed by atoms with van der Waals surface area (Å²) in [6, 6.07) is 1.51. The van der Waals surface area contributed by atoms with E-state index in [9.17, 15) is 4.79 Å². The van der Waals surface area contributed by atoms with Gasteiger partial charge in [0.2, 0.25) is 0 Å². The molecule has 0 aromatic carbocycles. The normalized spacial score (nSPS) is 12.2. The quantitative estimate of drug-likeness (QED) is 0.791. The number of aromatic nitrogens is 1. The third-order valence-electron chi connectivity index (χ3n) is 2.55. The summed E-state index contributed by atoms with van der Waals surface area (Å²) in [5.41, 5.74) is 6.21. The Bertz CT molecular complexity index is 409. The van der Waals surface area contributed by atoms with Crippen LogP contribution in [0.4, 0.5) is 11.5 Å². The lowest BCUT2D eigenvalue weighted by Gasteiger charge is -2.26. The van der Waals surface area contributed by atoms with Crippen LogP contribution in [0.2, 0.25) is 0 Å². The summed E-state index contributed by atoms with van der Waals surface area (Å²) in [7, 11) is 3.46. The molecule has 1 aromatic rings. The van der Waals surface area contributed by atoms with Crippen LogP contribution in [0.25, 0.3) is 0 Å². The lowest BCUT2D eigenvalue weighted by atomic mass is 10.2.